The van der Waals surface area contributed by atoms with E-state index in [9.17, 15) is 4.79 Å². The van der Waals surface area contributed by atoms with Gasteiger partial charge < -0.3 is 9.64 Å². The van der Waals surface area contributed by atoms with Gasteiger partial charge in [-0.1, -0.05) is 42.5 Å². The first-order chi connectivity index (χ1) is 14.3. The summed E-state index contributed by atoms with van der Waals surface area (Å²) in [5.41, 5.74) is 4.71. The van der Waals surface area contributed by atoms with E-state index in [1.165, 1.54) is 0 Å². The van der Waals surface area contributed by atoms with E-state index in [-0.39, 0.29) is 5.91 Å². The van der Waals surface area contributed by atoms with E-state index >= 15 is 0 Å². The molecule has 0 bridgehead atoms. The molecule has 4 rings (SSSR count). The van der Waals surface area contributed by atoms with E-state index in [1.54, 1.807) is 7.11 Å². The molecule has 1 aromatic heterocycles. The minimum Gasteiger partial charge on any atom is -0.383 e. The zero-order valence-electron chi connectivity index (χ0n) is 16.4. The number of ether oxygens (including phenoxy) is 1. The first kappa shape index (κ1) is 18.9. The van der Waals surface area contributed by atoms with Crippen LogP contribution in [0.4, 0.5) is 0 Å². The summed E-state index contributed by atoms with van der Waals surface area (Å²) < 4.78 is 7.22. The summed E-state index contributed by atoms with van der Waals surface area (Å²) in [6.45, 7) is 1.59. The molecule has 146 valence electrons. The first-order valence-corrected chi connectivity index (χ1v) is 9.61. The maximum absolute atomic E-state index is 13.1. The Morgan fingerprint density at radius 2 is 1.69 bits per heavy atom. The van der Waals surface area contributed by atoms with Crippen LogP contribution in [0.25, 0.3) is 16.7 Å². The third kappa shape index (κ3) is 4.20. The van der Waals surface area contributed by atoms with Crippen LogP contribution in [0.3, 0.4) is 0 Å². The van der Waals surface area contributed by atoms with Gasteiger partial charge in [0, 0.05) is 31.5 Å². The van der Waals surface area contributed by atoms with Gasteiger partial charge >= 0.3 is 0 Å². The molecule has 0 unspecified atom stereocenters. The number of methoxy groups -OCH3 is 1. The van der Waals surface area contributed by atoms with Crippen molar-refractivity contribution in [1.82, 2.24) is 14.5 Å². The molecule has 0 aliphatic heterocycles. The summed E-state index contributed by atoms with van der Waals surface area (Å²) in [6.07, 6.45) is 1.81. The molecule has 0 fully saturated rings. The van der Waals surface area contributed by atoms with Gasteiger partial charge in [-0.2, -0.15) is 0 Å². The second kappa shape index (κ2) is 8.71. The lowest BCUT2D eigenvalue weighted by Crippen LogP contribution is -2.33. The summed E-state index contributed by atoms with van der Waals surface area (Å²) >= 11 is 0. The van der Waals surface area contributed by atoms with Crippen LogP contribution < -0.4 is 0 Å². The largest absolute Gasteiger partial charge is 0.383 e. The quantitative estimate of drug-likeness (QED) is 0.476. The fourth-order valence-electron chi connectivity index (χ4n) is 3.37. The number of hydrogen-bond donors (Lipinski definition) is 0. The first-order valence-electron chi connectivity index (χ1n) is 9.61. The molecule has 0 aliphatic rings. The Hall–Kier alpha value is -3.44. The van der Waals surface area contributed by atoms with Crippen molar-refractivity contribution in [2.75, 3.05) is 20.3 Å². The molecule has 0 aliphatic carbocycles. The maximum atomic E-state index is 13.1. The van der Waals surface area contributed by atoms with Crippen LogP contribution >= 0.6 is 0 Å². The van der Waals surface area contributed by atoms with Gasteiger partial charge in [0.15, 0.2) is 0 Å². The van der Waals surface area contributed by atoms with E-state index in [0.29, 0.717) is 25.3 Å². The molecule has 0 saturated heterocycles. The van der Waals surface area contributed by atoms with Crippen LogP contribution in [0.1, 0.15) is 15.9 Å². The number of para-hydroxylation sites is 2. The molecular formula is C24H23N3O2. The summed E-state index contributed by atoms with van der Waals surface area (Å²) in [7, 11) is 1.65. The van der Waals surface area contributed by atoms with Crippen molar-refractivity contribution in [1.29, 1.82) is 0 Å². The van der Waals surface area contributed by atoms with E-state index in [0.717, 1.165) is 22.3 Å². The SMILES string of the molecule is COCCN(Cc1ccccc1)C(=O)c1ccc(-n2cnc3ccccc32)cc1. The summed E-state index contributed by atoms with van der Waals surface area (Å²) in [6, 6.07) is 25.7. The van der Waals surface area contributed by atoms with Crippen LogP contribution in [0.15, 0.2) is 85.2 Å². The van der Waals surface area contributed by atoms with Crippen molar-refractivity contribution in [3.8, 4) is 5.69 Å². The summed E-state index contributed by atoms with van der Waals surface area (Å²) in [5.74, 6) is -0.00653. The van der Waals surface area contributed by atoms with E-state index in [4.69, 9.17) is 4.74 Å². The molecule has 0 spiro atoms. The van der Waals surface area contributed by atoms with Crippen molar-refractivity contribution in [2.45, 2.75) is 6.54 Å². The van der Waals surface area contributed by atoms with Gasteiger partial charge in [0.1, 0.15) is 6.33 Å². The van der Waals surface area contributed by atoms with Crippen LogP contribution in [-0.4, -0.2) is 40.6 Å². The van der Waals surface area contributed by atoms with Crippen molar-refractivity contribution < 1.29 is 9.53 Å². The van der Waals surface area contributed by atoms with Gasteiger partial charge in [0.25, 0.3) is 5.91 Å². The smallest absolute Gasteiger partial charge is 0.254 e. The molecule has 29 heavy (non-hydrogen) atoms. The average Bonchev–Trinajstić information content (AvgIpc) is 3.21. The molecule has 1 heterocycles. The minimum atomic E-state index is -0.00653. The number of imidazole rings is 1. The predicted octanol–water partition coefficient (Wildman–Crippen LogP) is 4.31. The standard InChI is InChI=1S/C24H23N3O2/c1-29-16-15-26(17-19-7-3-2-4-8-19)24(28)20-11-13-21(14-12-20)27-18-25-22-9-5-6-10-23(22)27/h2-14,18H,15-17H2,1H3. The van der Waals surface area contributed by atoms with Crippen molar-refractivity contribution in [2.24, 2.45) is 0 Å². The Labute approximate surface area is 170 Å². The molecule has 0 saturated carbocycles. The number of carbonyl (C=O) groups excluding carboxylic acids is 1. The van der Waals surface area contributed by atoms with Gasteiger partial charge in [0.05, 0.1) is 17.6 Å². The lowest BCUT2D eigenvalue weighted by Gasteiger charge is -2.23. The number of hydrogen-bond acceptors (Lipinski definition) is 3. The zero-order chi connectivity index (χ0) is 20.1. The number of fused-ring (bicyclic) bond motifs is 1. The molecule has 0 atom stereocenters. The average molecular weight is 385 g/mol. The van der Waals surface area contributed by atoms with Gasteiger partial charge in [-0.15, -0.1) is 0 Å². The molecule has 5 nitrogen and oxygen atoms in total. The third-order valence-corrected chi connectivity index (χ3v) is 4.91. The minimum absolute atomic E-state index is 0.00653. The van der Waals surface area contributed by atoms with Crippen LogP contribution in [0, 0.1) is 0 Å². The number of nitrogens with zero attached hydrogens (tertiary/aromatic N) is 3. The van der Waals surface area contributed by atoms with Crippen molar-refractivity contribution >= 4 is 16.9 Å². The van der Waals surface area contributed by atoms with Gasteiger partial charge in [0.2, 0.25) is 0 Å². The molecular weight excluding hydrogens is 362 g/mol. The molecule has 5 heteroatoms. The fraction of sp³-hybridized carbons (Fsp3) is 0.167. The normalized spacial score (nSPS) is 10.9. The number of aromatic nitrogens is 2. The third-order valence-electron chi connectivity index (χ3n) is 4.91. The van der Waals surface area contributed by atoms with E-state index < -0.39 is 0 Å². The summed E-state index contributed by atoms with van der Waals surface area (Å²) in [5, 5.41) is 0. The lowest BCUT2D eigenvalue weighted by atomic mass is 10.1. The fourth-order valence-corrected chi connectivity index (χ4v) is 3.37. The number of carbonyl (C=O) groups is 1. The molecule has 0 radical (unpaired) electrons. The van der Waals surface area contributed by atoms with Crippen LogP contribution in [-0.2, 0) is 11.3 Å². The van der Waals surface area contributed by atoms with Gasteiger partial charge in [-0.05, 0) is 42.0 Å². The second-order valence-corrected chi connectivity index (χ2v) is 6.86. The monoisotopic (exact) mass is 385 g/mol. The molecule has 1 amide bonds. The maximum Gasteiger partial charge on any atom is 0.254 e. The number of benzene rings is 3. The lowest BCUT2D eigenvalue weighted by molar-refractivity contribution is 0.0680. The highest BCUT2D eigenvalue weighted by atomic mass is 16.5. The Kier molecular flexibility index (Phi) is 5.68. The zero-order valence-corrected chi connectivity index (χ0v) is 16.4. The van der Waals surface area contributed by atoms with Gasteiger partial charge in [-0.3, -0.25) is 9.36 Å². The summed E-state index contributed by atoms with van der Waals surface area (Å²) in [4.78, 5) is 19.4. The number of amides is 1. The van der Waals surface area contributed by atoms with Crippen LogP contribution in [0.5, 0.6) is 0 Å². The highest BCUT2D eigenvalue weighted by molar-refractivity contribution is 5.94. The molecule has 3 aromatic carbocycles. The van der Waals surface area contributed by atoms with Gasteiger partial charge in [-0.25, -0.2) is 4.98 Å². The number of rotatable bonds is 7. The van der Waals surface area contributed by atoms with Crippen LogP contribution in [0.2, 0.25) is 0 Å². The van der Waals surface area contributed by atoms with Crippen molar-refractivity contribution in [3.05, 3.63) is 96.3 Å². The second-order valence-electron chi connectivity index (χ2n) is 6.86. The topological polar surface area (TPSA) is 47.4 Å². The Morgan fingerprint density at radius 1 is 0.966 bits per heavy atom. The predicted molar refractivity (Wildman–Crippen MR) is 114 cm³/mol. The Balaban J connectivity index is 1.56. The molecule has 0 N–H and O–H groups in total. The molecule has 4 aromatic rings. The highest BCUT2D eigenvalue weighted by Crippen LogP contribution is 2.19. The highest BCUT2D eigenvalue weighted by Gasteiger charge is 2.16. The van der Waals surface area contributed by atoms with Crippen molar-refractivity contribution in [3.63, 3.8) is 0 Å². The Morgan fingerprint density at radius 3 is 2.45 bits per heavy atom. The van der Waals surface area contributed by atoms with E-state index in [1.807, 2.05) is 94.7 Å². The van der Waals surface area contributed by atoms with E-state index in [2.05, 4.69) is 4.98 Å². The Bertz CT molecular complexity index is 1090.